The number of carbonyl (C=O) groups is 1. The normalized spacial score (nSPS) is 12.6. The number of hydrogen-bond acceptors (Lipinski definition) is 5. The second-order valence-electron chi connectivity index (χ2n) is 5.51. The smallest absolute Gasteiger partial charge is 0.244 e. The monoisotopic (exact) mass is 297 g/mol. The Hall–Kier alpha value is -1.47. The Morgan fingerprint density at radius 3 is 2.81 bits per heavy atom. The van der Waals surface area contributed by atoms with Crippen LogP contribution in [0.3, 0.4) is 0 Å². The third kappa shape index (κ3) is 6.68. The van der Waals surface area contributed by atoms with Gasteiger partial charge in [-0.2, -0.15) is 0 Å². The van der Waals surface area contributed by atoms with Crippen LogP contribution in [0, 0.1) is 5.92 Å². The van der Waals surface area contributed by atoms with Gasteiger partial charge in [-0.05, 0) is 19.3 Å². The summed E-state index contributed by atoms with van der Waals surface area (Å²) in [6.45, 7) is 8.82. The van der Waals surface area contributed by atoms with Crippen molar-refractivity contribution in [1.82, 2.24) is 25.6 Å². The van der Waals surface area contributed by atoms with Crippen LogP contribution in [0.25, 0.3) is 0 Å². The van der Waals surface area contributed by atoms with Crippen molar-refractivity contribution in [1.29, 1.82) is 0 Å². The van der Waals surface area contributed by atoms with Crippen molar-refractivity contribution in [2.24, 2.45) is 5.92 Å². The van der Waals surface area contributed by atoms with Gasteiger partial charge < -0.3 is 15.4 Å². The first-order valence-electron chi connectivity index (χ1n) is 7.42. The lowest BCUT2D eigenvalue weighted by molar-refractivity contribution is -0.124. The zero-order valence-electron chi connectivity index (χ0n) is 13.4. The van der Waals surface area contributed by atoms with Crippen LogP contribution in [-0.2, 0) is 16.1 Å². The van der Waals surface area contributed by atoms with E-state index in [9.17, 15) is 4.79 Å². The van der Waals surface area contributed by atoms with E-state index in [1.165, 1.54) is 0 Å². The van der Waals surface area contributed by atoms with Crippen LogP contribution in [0.2, 0.25) is 0 Å². The van der Waals surface area contributed by atoms with Gasteiger partial charge in [-0.25, -0.2) is 4.68 Å². The molecule has 7 nitrogen and oxygen atoms in total. The van der Waals surface area contributed by atoms with Gasteiger partial charge in [-0.15, -0.1) is 5.10 Å². The van der Waals surface area contributed by atoms with E-state index in [0.717, 1.165) is 18.7 Å². The van der Waals surface area contributed by atoms with Crippen molar-refractivity contribution in [2.75, 3.05) is 26.8 Å². The molecule has 1 amide bonds. The summed E-state index contributed by atoms with van der Waals surface area (Å²) in [5, 5.41) is 14.2. The van der Waals surface area contributed by atoms with Crippen molar-refractivity contribution >= 4 is 5.91 Å². The van der Waals surface area contributed by atoms with Crippen LogP contribution in [0.4, 0.5) is 0 Å². The summed E-state index contributed by atoms with van der Waals surface area (Å²) in [6.07, 6.45) is 2.77. The molecule has 1 unspecified atom stereocenters. The number of rotatable bonds is 10. The second kappa shape index (κ2) is 9.46. The Morgan fingerprint density at radius 2 is 2.14 bits per heavy atom. The molecule has 1 heterocycles. The standard InChI is InChI=1S/C14H27N5O2/c1-11(2)5-6-16-14(20)12(3)19-10-13(17-18-19)9-15-7-8-21-4/h10-12,15H,5-9H2,1-4H3,(H,16,20). The molecule has 2 N–H and O–H groups in total. The van der Waals surface area contributed by atoms with E-state index < -0.39 is 0 Å². The Kier molecular flexibility index (Phi) is 7.92. The Balaban J connectivity index is 2.38. The van der Waals surface area contributed by atoms with Gasteiger partial charge in [0.15, 0.2) is 0 Å². The molecule has 0 saturated carbocycles. The lowest BCUT2D eigenvalue weighted by atomic mass is 10.1. The van der Waals surface area contributed by atoms with E-state index in [0.29, 0.717) is 25.6 Å². The summed E-state index contributed by atoms with van der Waals surface area (Å²) in [5.74, 6) is 0.552. The third-order valence-electron chi connectivity index (χ3n) is 3.14. The molecule has 7 heteroatoms. The quantitative estimate of drug-likeness (QED) is 0.623. The molecule has 0 fully saturated rings. The largest absolute Gasteiger partial charge is 0.383 e. The number of nitrogens with one attached hydrogen (secondary N) is 2. The third-order valence-corrected chi connectivity index (χ3v) is 3.14. The maximum absolute atomic E-state index is 12.0. The minimum Gasteiger partial charge on any atom is -0.383 e. The summed E-state index contributed by atoms with van der Waals surface area (Å²) < 4.78 is 6.55. The molecule has 0 aromatic carbocycles. The van der Waals surface area contributed by atoms with E-state index in [-0.39, 0.29) is 11.9 Å². The van der Waals surface area contributed by atoms with Crippen LogP contribution >= 0.6 is 0 Å². The van der Waals surface area contributed by atoms with Crippen LogP contribution in [0.5, 0.6) is 0 Å². The second-order valence-corrected chi connectivity index (χ2v) is 5.51. The average Bonchev–Trinajstić information content (AvgIpc) is 2.91. The number of nitrogens with zero attached hydrogens (tertiary/aromatic N) is 3. The van der Waals surface area contributed by atoms with E-state index in [1.807, 2.05) is 6.92 Å². The Bertz CT molecular complexity index is 419. The van der Waals surface area contributed by atoms with Crippen LogP contribution in [-0.4, -0.2) is 47.7 Å². The molecule has 0 aliphatic carbocycles. The molecule has 0 aliphatic rings. The molecule has 0 spiro atoms. The van der Waals surface area contributed by atoms with Crippen molar-refractivity contribution in [3.8, 4) is 0 Å². The minimum absolute atomic E-state index is 0.0283. The van der Waals surface area contributed by atoms with E-state index in [1.54, 1.807) is 18.0 Å². The van der Waals surface area contributed by atoms with Gasteiger partial charge >= 0.3 is 0 Å². The predicted octanol–water partition coefficient (Wildman–Crippen LogP) is 0.737. The molecular formula is C14H27N5O2. The van der Waals surface area contributed by atoms with Crippen LogP contribution < -0.4 is 10.6 Å². The maximum atomic E-state index is 12.0. The summed E-state index contributed by atoms with van der Waals surface area (Å²) in [6, 6.07) is -0.350. The van der Waals surface area contributed by atoms with Gasteiger partial charge in [0, 0.05) is 26.7 Å². The number of carbonyl (C=O) groups excluding carboxylic acids is 1. The minimum atomic E-state index is -0.350. The summed E-state index contributed by atoms with van der Waals surface area (Å²) in [7, 11) is 1.66. The first-order valence-corrected chi connectivity index (χ1v) is 7.42. The number of ether oxygens (including phenoxy) is 1. The fourth-order valence-corrected chi connectivity index (χ4v) is 1.73. The molecule has 1 aromatic rings. The molecule has 1 aromatic heterocycles. The highest BCUT2D eigenvalue weighted by molar-refractivity contribution is 5.79. The molecule has 1 atom stereocenters. The van der Waals surface area contributed by atoms with Gasteiger partial charge in [-0.1, -0.05) is 19.1 Å². The van der Waals surface area contributed by atoms with Gasteiger partial charge in [0.1, 0.15) is 6.04 Å². The summed E-state index contributed by atoms with van der Waals surface area (Å²) >= 11 is 0. The lowest BCUT2D eigenvalue weighted by Gasteiger charge is -2.12. The van der Waals surface area contributed by atoms with Crippen LogP contribution in [0.15, 0.2) is 6.20 Å². The predicted molar refractivity (Wildman–Crippen MR) is 80.8 cm³/mol. The average molecular weight is 297 g/mol. The number of aromatic nitrogens is 3. The molecule has 0 bridgehead atoms. The molecular weight excluding hydrogens is 270 g/mol. The van der Waals surface area contributed by atoms with E-state index in [2.05, 4.69) is 34.8 Å². The van der Waals surface area contributed by atoms with Gasteiger partial charge in [-0.3, -0.25) is 4.79 Å². The highest BCUT2D eigenvalue weighted by Gasteiger charge is 2.16. The summed E-state index contributed by atoms with van der Waals surface area (Å²) in [4.78, 5) is 12.0. The topological polar surface area (TPSA) is 81.1 Å². The molecule has 0 saturated heterocycles. The van der Waals surface area contributed by atoms with Crippen molar-refractivity contribution < 1.29 is 9.53 Å². The first-order chi connectivity index (χ1) is 10.0. The fourth-order valence-electron chi connectivity index (χ4n) is 1.73. The SMILES string of the molecule is COCCNCc1cn(C(C)C(=O)NCCC(C)C)nn1. The number of hydrogen-bond donors (Lipinski definition) is 2. The van der Waals surface area contributed by atoms with Crippen molar-refractivity contribution in [3.05, 3.63) is 11.9 Å². The Morgan fingerprint density at radius 1 is 1.38 bits per heavy atom. The number of amides is 1. The molecule has 1 rings (SSSR count). The number of methoxy groups -OCH3 is 1. The zero-order valence-corrected chi connectivity index (χ0v) is 13.4. The maximum Gasteiger partial charge on any atom is 0.244 e. The van der Waals surface area contributed by atoms with E-state index >= 15 is 0 Å². The lowest BCUT2D eigenvalue weighted by Crippen LogP contribution is -2.32. The fraction of sp³-hybridized carbons (Fsp3) is 0.786. The zero-order chi connectivity index (χ0) is 15.7. The molecule has 0 radical (unpaired) electrons. The molecule has 0 aliphatic heterocycles. The van der Waals surface area contributed by atoms with E-state index in [4.69, 9.17) is 4.74 Å². The highest BCUT2D eigenvalue weighted by Crippen LogP contribution is 2.05. The Labute approximate surface area is 126 Å². The van der Waals surface area contributed by atoms with Gasteiger partial charge in [0.25, 0.3) is 0 Å². The first kappa shape index (κ1) is 17.6. The molecule has 21 heavy (non-hydrogen) atoms. The van der Waals surface area contributed by atoms with Gasteiger partial charge in [0.2, 0.25) is 5.91 Å². The molecule has 120 valence electrons. The van der Waals surface area contributed by atoms with Crippen molar-refractivity contribution in [2.45, 2.75) is 39.8 Å². The summed E-state index contributed by atoms with van der Waals surface area (Å²) in [5.41, 5.74) is 0.813. The van der Waals surface area contributed by atoms with Gasteiger partial charge in [0.05, 0.1) is 18.5 Å². The van der Waals surface area contributed by atoms with Crippen LogP contribution in [0.1, 0.15) is 38.9 Å². The highest BCUT2D eigenvalue weighted by atomic mass is 16.5. The van der Waals surface area contributed by atoms with Crippen molar-refractivity contribution in [3.63, 3.8) is 0 Å².